The van der Waals surface area contributed by atoms with E-state index >= 15 is 0 Å². The lowest BCUT2D eigenvalue weighted by atomic mass is 10.1. The van der Waals surface area contributed by atoms with Gasteiger partial charge in [0.15, 0.2) is 0 Å². The van der Waals surface area contributed by atoms with Crippen molar-refractivity contribution in [1.82, 2.24) is 4.98 Å². The van der Waals surface area contributed by atoms with Crippen LogP contribution >= 0.6 is 23.2 Å². The summed E-state index contributed by atoms with van der Waals surface area (Å²) in [5, 5.41) is 12.2. The number of carboxylic acids is 1. The summed E-state index contributed by atoms with van der Waals surface area (Å²) in [5.74, 6) is -1.84. The molecule has 0 saturated heterocycles. The molecular formula is C13H8Cl2N2O3. The highest BCUT2D eigenvalue weighted by atomic mass is 35.5. The van der Waals surface area contributed by atoms with Crippen LogP contribution in [0.5, 0.6) is 0 Å². The molecule has 1 amide bonds. The van der Waals surface area contributed by atoms with Crippen molar-refractivity contribution in [2.75, 3.05) is 5.32 Å². The smallest absolute Gasteiger partial charge is 0.338 e. The highest BCUT2D eigenvalue weighted by Crippen LogP contribution is 2.26. The molecule has 7 heteroatoms. The van der Waals surface area contributed by atoms with Gasteiger partial charge in [-0.15, -0.1) is 0 Å². The zero-order valence-electron chi connectivity index (χ0n) is 9.93. The van der Waals surface area contributed by atoms with Gasteiger partial charge in [-0.2, -0.15) is 0 Å². The Bertz CT molecular complexity index is 689. The second-order valence-electron chi connectivity index (χ2n) is 3.80. The number of hydrogen-bond donors (Lipinski definition) is 2. The highest BCUT2D eigenvalue weighted by molar-refractivity contribution is 6.36. The van der Waals surface area contributed by atoms with Gasteiger partial charge >= 0.3 is 5.97 Å². The number of halogens is 2. The minimum Gasteiger partial charge on any atom is -0.478 e. The quantitative estimate of drug-likeness (QED) is 0.911. The monoisotopic (exact) mass is 310 g/mol. The number of carbonyl (C=O) groups is 2. The van der Waals surface area contributed by atoms with E-state index in [1.165, 1.54) is 24.4 Å². The molecule has 0 bridgehead atoms. The molecule has 20 heavy (non-hydrogen) atoms. The van der Waals surface area contributed by atoms with E-state index in [9.17, 15) is 9.59 Å². The van der Waals surface area contributed by atoms with E-state index in [0.29, 0.717) is 15.7 Å². The molecule has 0 spiro atoms. The molecule has 0 radical (unpaired) electrons. The minimum atomic E-state index is -1.24. The van der Waals surface area contributed by atoms with Gasteiger partial charge in [-0.25, -0.2) is 4.79 Å². The van der Waals surface area contributed by atoms with Crippen LogP contribution in [0.3, 0.4) is 0 Å². The third-order valence-corrected chi connectivity index (χ3v) is 3.04. The summed E-state index contributed by atoms with van der Waals surface area (Å²) < 4.78 is 0. The molecule has 0 atom stereocenters. The maximum absolute atomic E-state index is 12.1. The van der Waals surface area contributed by atoms with Crippen LogP contribution in [0.1, 0.15) is 20.7 Å². The summed E-state index contributed by atoms with van der Waals surface area (Å²) in [5.41, 5.74) is 0.101. The summed E-state index contributed by atoms with van der Waals surface area (Å²) in [7, 11) is 0. The van der Waals surface area contributed by atoms with E-state index in [1.54, 1.807) is 6.07 Å². The van der Waals surface area contributed by atoms with Crippen molar-refractivity contribution in [2.45, 2.75) is 0 Å². The van der Waals surface area contributed by atoms with Gasteiger partial charge in [0.05, 0.1) is 21.8 Å². The first-order chi connectivity index (χ1) is 9.49. The molecule has 1 heterocycles. The normalized spacial score (nSPS) is 10.1. The number of nitrogens with zero attached hydrogens (tertiary/aromatic N) is 1. The van der Waals surface area contributed by atoms with Gasteiger partial charge in [-0.05, 0) is 24.3 Å². The van der Waals surface area contributed by atoms with Gasteiger partial charge < -0.3 is 10.4 Å². The zero-order chi connectivity index (χ0) is 14.7. The molecule has 0 unspecified atom stereocenters. The summed E-state index contributed by atoms with van der Waals surface area (Å²) >= 11 is 11.7. The van der Waals surface area contributed by atoms with Crippen LogP contribution in [0.2, 0.25) is 10.0 Å². The summed E-state index contributed by atoms with van der Waals surface area (Å²) in [6, 6.07) is 5.90. The van der Waals surface area contributed by atoms with E-state index in [-0.39, 0.29) is 11.1 Å². The summed E-state index contributed by atoms with van der Waals surface area (Å²) in [6.45, 7) is 0. The first-order valence-corrected chi connectivity index (χ1v) is 6.18. The Balaban J connectivity index is 2.33. The molecular weight excluding hydrogens is 303 g/mol. The summed E-state index contributed by atoms with van der Waals surface area (Å²) in [4.78, 5) is 26.8. The number of nitrogens with one attached hydrogen (secondary N) is 1. The molecule has 0 saturated carbocycles. The lowest BCUT2D eigenvalue weighted by molar-refractivity contribution is 0.0692. The molecule has 0 fully saturated rings. The molecule has 1 aromatic heterocycles. The second-order valence-corrected chi connectivity index (χ2v) is 4.65. The Morgan fingerprint density at radius 2 is 1.90 bits per heavy atom. The Kier molecular flexibility index (Phi) is 4.22. The number of benzene rings is 1. The third kappa shape index (κ3) is 3.07. The van der Waals surface area contributed by atoms with Gasteiger partial charge in [-0.3, -0.25) is 9.78 Å². The summed E-state index contributed by atoms with van der Waals surface area (Å²) in [6.07, 6.45) is 2.44. The molecule has 102 valence electrons. The first-order valence-electron chi connectivity index (χ1n) is 5.42. The Morgan fingerprint density at radius 1 is 1.15 bits per heavy atom. The fourth-order valence-electron chi connectivity index (χ4n) is 1.55. The molecule has 0 aliphatic heterocycles. The number of carboxylic acid groups (broad SMARTS) is 1. The predicted octanol–water partition coefficient (Wildman–Crippen LogP) is 3.34. The number of aromatic nitrogens is 1. The fourth-order valence-corrected chi connectivity index (χ4v) is 1.88. The van der Waals surface area contributed by atoms with Crippen molar-refractivity contribution in [3.63, 3.8) is 0 Å². The lowest BCUT2D eigenvalue weighted by Gasteiger charge is -2.09. The van der Waals surface area contributed by atoms with Crippen molar-refractivity contribution in [3.05, 3.63) is 57.8 Å². The van der Waals surface area contributed by atoms with E-state index in [0.717, 1.165) is 6.20 Å². The molecule has 5 nitrogen and oxygen atoms in total. The van der Waals surface area contributed by atoms with Crippen LogP contribution in [0, 0.1) is 0 Å². The number of aromatic carboxylic acids is 1. The van der Waals surface area contributed by atoms with Crippen molar-refractivity contribution in [3.8, 4) is 0 Å². The Hall–Kier alpha value is -2.11. The zero-order valence-corrected chi connectivity index (χ0v) is 11.4. The first kappa shape index (κ1) is 14.3. The van der Waals surface area contributed by atoms with Crippen LogP contribution in [-0.4, -0.2) is 22.0 Å². The van der Waals surface area contributed by atoms with E-state index in [1.807, 2.05) is 0 Å². The van der Waals surface area contributed by atoms with Crippen molar-refractivity contribution in [1.29, 1.82) is 0 Å². The number of carbonyl (C=O) groups excluding carboxylic acids is 1. The molecule has 2 aromatic rings. The van der Waals surface area contributed by atoms with Crippen LogP contribution < -0.4 is 5.32 Å². The number of amides is 1. The fraction of sp³-hybridized carbons (Fsp3) is 0. The van der Waals surface area contributed by atoms with E-state index < -0.39 is 11.9 Å². The topological polar surface area (TPSA) is 79.3 Å². The van der Waals surface area contributed by atoms with Crippen molar-refractivity contribution < 1.29 is 14.7 Å². The van der Waals surface area contributed by atoms with Crippen molar-refractivity contribution in [2.24, 2.45) is 0 Å². The van der Waals surface area contributed by atoms with Gasteiger partial charge in [0.2, 0.25) is 0 Å². The van der Waals surface area contributed by atoms with Crippen molar-refractivity contribution >= 4 is 40.8 Å². The van der Waals surface area contributed by atoms with Gasteiger partial charge in [0.25, 0.3) is 5.91 Å². The largest absolute Gasteiger partial charge is 0.478 e. The lowest BCUT2D eigenvalue weighted by Crippen LogP contribution is -2.16. The minimum absolute atomic E-state index is 0.0106. The van der Waals surface area contributed by atoms with Crippen LogP contribution in [-0.2, 0) is 0 Å². The van der Waals surface area contributed by atoms with Gasteiger partial charge in [-0.1, -0.05) is 23.2 Å². The number of pyridine rings is 1. The molecule has 0 aliphatic rings. The maximum Gasteiger partial charge on any atom is 0.338 e. The Labute approximate surface area is 124 Å². The third-order valence-electron chi connectivity index (χ3n) is 2.47. The van der Waals surface area contributed by atoms with Crippen LogP contribution in [0.15, 0.2) is 36.7 Å². The Morgan fingerprint density at radius 3 is 2.60 bits per heavy atom. The van der Waals surface area contributed by atoms with E-state index in [2.05, 4.69) is 10.3 Å². The molecule has 2 rings (SSSR count). The number of rotatable bonds is 3. The predicted molar refractivity (Wildman–Crippen MR) is 75.6 cm³/mol. The maximum atomic E-state index is 12.1. The highest BCUT2D eigenvalue weighted by Gasteiger charge is 2.17. The van der Waals surface area contributed by atoms with E-state index in [4.69, 9.17) is 28.3 Å². The van der Waals surface area contributed by atoms with Gasteiger partial charge in [0, 0.05) is 17.4 Å². The number of anilines is 1. The van der Waals surface area contributed by atoms with Crippen LogP contribution in [0.25, 0.3) is 0 Å². The standard InChI is InChI=1S/C13H8Cl2N2O3/c14-7-1-2-10(15)11(5-7)17-12(18)8-3-4-16-6-9(8)13(19)20/h1-6H,(H,17,18)(H,19,20). The average molecular weight is 311 g/mol. The van der Waals surface area contributed by atoms with Crippen LogP contribution in [0.4, 0.5) is 5.69 Å². The van der Waals surface area contributed by atoms with Gasteiger partial charge in [0.1, 0.15) is 0 Å². The molecule has 1 aromatic carbocycles. The SMILES string of the molecule is O=C(O)c1cnccc1C(=O)Nc1cc(Cl)ccc1Cl. The molecule has 0 aliphatic carbocycles. The second kappa shape index (κ2) is 5.90. The number of hydrogen-bond acceptors (Lipinski definition) is 3. The molecule has 2 N–H and O–H groups in total. The average Bonchev–Trinajstić information content (AvgIpc) is 2.42.